The van der Waals surface area contributed by atoms with Crippen LogP contribution in [-0.2, 0) is 6.54 Å². The number of halogens is 1. The van der Waals surface area contributed by atoms with E-state index in [0.29, 0.717) is 12.2 Å². The summed E-state index contributed by atoms with van der Waals surface area (Å²) in [6.45, 7) is 3.44. The Bertz CT molecular complexity index is 326. The third kappa shape index (κ3) is 3.49. The van der Waals surface area contributed by atoms with Crippen LogP contribution in [0.3, 0.4) is 0 Å². The second-order valence-electron chi connectivity index (χ2n) is 4.12. The first kappa shape index (κ1) is 13.0. The molecule has 0 atom stereocenters. The summed E-state index contributed by atoms with van der Waals surface area (Å²) in [5.74, 6) is -0.179. The molecule has 1 aromatic carbocycles. The third-order valence-electron chi connectivity index (χ3n) is 2.76. The van der Waals surface area contributed by atoms with Crippen LogP contribution in [0.5, 0.6) is 0 Å². The Morgan fingerprint density at radius 3 is 2.62 bits per heavy atom. The van der Waals surface area contributed by atoms with Gasteiger partial charge in [0.1, 0.15) is 5.82 Å². The van der Waals surface area contributed by atoms with Gasteiger partial charge in [0.2, 0.25) is 0 Å². The predicted molar refractivity (Wildman–Crippen MR) is 67.1 cm³/mol. The van der Waals surface area contributed by atoms with Crippen molar-refractivity contribution in [2.24, 2.45) is 5.73 Å². The van der Waals surface area contributed by atoms with E-state index >= 15 is 0 Å². The summed E-state index contributed by atoms with van der Waals surface area (Å²) >= 11 is 0. The van der Waals surface area contributed by atoms with Crippen LogP contribution in [0.4, 0.5) is 10.1 Å². The van der Waals surface area contributed by atoms with E-state index in [9.17, 15) is 4.39 Å². The molecule has 0 aromatic heterocycles. The fraction of sp³-hybridized carbons (Fsp3) is 0.538. The van der Waals surface area contributed by atoms with E-state index in [1.54, 1.807) is 0 Å². The minimum Gasteiger partial charge on any atom is -0.372 e. The molecule has 0 spiro atoms. The van der Waals surface area contributed by atoms with E-state index in [1.807, 2.05) is 24.1 Å². The van der Waals surface area contributed by atoms with Gasteiger partial charge in [0.25, 0.3) is 0 Å². The highest BCUT2D eigenvalue weighted by molar-refractivity contribution is 5.48. The molecule has 0 amide bonds. The van der Waals surface area contributed by atoms with Gasteiger partial charge in [0.15, 0.2) is 0 Å². The molecule has 0 aliphatic carbocycles. The van der Waals surface area contributed by atoms with Crippen molar-refractivity contribution in [2.75, 3.05) is 18.5 Å². The number of benzene rings is 1. The molecule has 0 aliphatic heterocycles. The van der Waals surface area contributed by atoms with E-state index in [2.05, 4.69) is 6.92 Å². The molecule has 0 saturated carbocycles. The molecular weight excluding hydrogens is 203 g/mol. The normalized spacial score (nSPS) is 10.5. The van der Waals surface area contributed by atoms with Crippen molar-refractivity contribution >= 4 is 5.69 Å². The summed E-state index contributed by atoms with van der Waals surface area (Å²) in [5.41, 5.74) is 6.96. The molecule has 3 heteroatoms. The molecule has 0 aliphatic rings. The molecule has 16 heavy (non-hydrogen) atoms. The first-order valence-electron chi connectivity index (χ1n) is 5.88. The molecule has 1 aromatic rings. The standard InChI is InChI=1S/C13H21FN2/c1-3-4-5-8-16(2)13-7-6-11(10-15)9-12(13)14/h6-7,9H,3-5,8,10,15H2,1-2H3. The molecule has 2 N–H and O–H groups in total. The summed E-state index contributed by atoms with van der Waals surface area (Å²) in [4.78, 5) is 1.96. The Labute approximate surface area is 97.3 Å². The van der Waals surface area contributed by atoms with Gasteiger partial charge in [-0.25, -0.2) is 4.39 Å². The molecule has 0 heterocycles. The molecule has 0 fully saturated rings. The van der Waals surface area contributed by atoms with Crippen LogP contribution in [0.25, 0.3) is 0 Å². The molecule has 2 nitrogen and oxygen atoms in total. The van der Waals surface area contributed by atoms with E-state index in [-0.39, 0.29) is 5.82 Å². The lowest BCUT2D eigenvalue weighted by atomic mass is 10.1. The smallest absolute Gasteiger partial charge is 0.146 e. The summed E-state index contributed by atoms with van der Waals surface area (Å²) < 4.78 is 13.7. The van der Waals surface area contributed by atoms with Gasteiger partial charge in [-0.05, 0) is 24.1 Å². The zero-order valence-electron chi connectivity index (χ0n) is 10.2. The topological polar surface area (TPSA) is 29.3 Å². The van der Waals surface area contributed by atoms with Crippen molar-refractivity contribution in [3.63, 3.8) is 0 Å². The van der Waals surface area contributed by atoms with Crippen LogP contribution in [0.1, 0.15) is 31.7 Å². The van der Waals surface area contributed by atoms with Crippen molar-refractivity contribution in [3.8, 4) is 0 Å². The van der Waals surface area contributed by atoms with E-state index in [0.717, 1.165) is 18.5 Å². The lowest BCUT2D eigenvalue weighted by molar-refractivity contribution is 0.615. The van der Waals surface area contributed by atoms with Gasteiger partial charge >= 0.3 is 0 Å². The summed E-state index contributed by atoms with van der Waals surface area (Å²) in [6, 6.07) is 5.21. The maximum atomic E-state index is 13.7. The third-order valence-corrected chi connectivity index (χ3v) is 2.76. The van der Waals surface area contributed by atoms with Crippen molar-refractivity contribution < 1.29 is 4.39 Å². The molecule has 1 rings (SSSR count). The molecule has 0 unspecified atom stereocenters. The number of rotatable bonds is 6. The fourth-order valence-corrected chi connectivity index (χ4v) is 1.71. The maximum Gasteiger partial charge on any atom is 0.146 e. The average molecular weight is 224 g/mol. The van der Waals surface area contributed by atoms with E-state index in [1.165, 1.54) is 18.9 Å². The van der Waals surface area contributed by atoms with Crippen molar-refractivity contribution in [1.29, 1.82) is 0 Å². The Morgan fingerprint density at radius 1 is 1.31 bits per heavy atom. The lowest BCUT2D eigenvalue weighted by Crippen LogP contribution is -2.19. The second-order valence-corrected chi connectivity index (χ2v) is 4.12. The minimum atomic E-state index is -0.179. The first-order valence-corrected chi connectivity index (χ1v) is 5.88. The van der Waals surface area contributed by atoms with Gasteiger partial charge in [-0.1, -0.05) is 25.8 Å². The van der Waals surface area contributed by atoms with Crippen LogP contribution in [-0.4, -0.2) is 13.6 Å². The predicted octanol–water partition coefficient (Wildman–Crippen LogP) is 2.91. The van der Waals surface area contributed by atoms with Crippen molar-refractivity contribution in [2.45, 2.75) is 32.7 Å². The maximum absolute atomic E-state index is 13.7. The van der Waals surface area contributed by atoms with Crippen molar-refractivity contribution in [3.05, 3.63) is 29.6 Å². The molecular formula is C13H21FN2. The number of anilines is 1. The molecule has 0 radical (unpaired) electrons. The zero-order chi connectivity index (χ0) is 12.0. The van der Waals surface area contributed by atoms with Crippen molar-refractivity contribution in [1.82, 2.24) is 0 Å². The van der Waals surface area contributed by atoms with Gasteiger partial charge < -0.3 is 10.6 Å². The zero-order valence-corrected chi connectivity index (χ0v) is 10.2. The molecule has 0 saturated heterocycles. The van der Waals surface area contributed by atoms with Crippen LogP contribution in [0.2, 0.25) is 0 Å². The molecule has 90 valence electrons. The van der Waals surface area contributed by atoms with Crippen LogP contribution in [0, 0.1) is 5.82 Å². The summed E-state index contributed by atoms with van der Waals surface area (Å²) in [5, 5.41) is 0. The minimum absolute atomic E-state index is 0.179. The number of nitrogens with two attached hydrogens (primary N) is 1. The highest BCUT2D eigenvalue weighted by atomic mass is 19.1. The van der Waals surface area contributed by atoms with Crippen LogP contribution >= 0.6 is 0 Å². The van der Waals surface area contributed by atoms with Gasteiger partial charge in [-0.2, -0.15) is 0 Å². The highest BCUT2D eigenvalue weighted by Gasteiger charge is 2.07. The number of unbranched alkanes of at least 4 members (excludes halogenated alkanes) is 2. The quantitative estimate of drug-likeness (QED) is 0.753. The van der Waals surface area contributed by atoms with E-state index < -0.39 is 0 Å². The van der Waals surface area contributed by atoms with Gasteiger partial charge in [-0.3, -0.25) is 0 Å². The Morgan fingerprint density at radius 2 is 2.06 bits per heavy atom. The summed E-state index contributed by atoms with van der Waals surface area (Å²) in [6.07, 6.45) is 3.47. The summed E-state index contributed by atoms with van der Waals surface area (Å²) in [7, 11) is 1.93. The average Bonchev–Trinajstić information content (AvgIpc) is 2.29. The Balaban J connectivity index is 2.64. The van der Waals surface area contributed by atoms with Gasteiger partial charge in [0.05, 0.1) is 5.69 Å². The fourth-order valence-electron chi connectivity index (χ4n) is 1.71. The van der Waals surface area contributed by atoms with Gasteiger partial charge in [0, 0.05) is 20.1 Å². The van der Waals surface area contributed by atoms with Crippen LogP contribution < -0.4 is 10.6 Å². The second kappa shape index (κ2) is 6.48. The van der Waals surface area contributed by atoms with Gasteiger partial charge in [-0.15, -0.1) is 0 Å². The first-order chi connectivity index (χ1) is 7.69. The Hall–Kier alpha value is -1.09. The number of nitrogens with zero attached hydrogens (tertiary/aromatic N) is 1. The van der Waals surface area contributed by atoms with Crippen LogP contribution in [0.15, 0.2) is 18.2 Å². The lowest BCUT2D eigenvalue weighted by Gasteiger charge is -2.20. The van der Waals surface area contributed by atoms with E-state index in [4.69, 9.17) is 5.73 Å². The number of hydrogen-bond donors (Lipinski definition) is 1. The number of hydrogen-bond acceptors (Lipinski definition) is 2. The Kier molecular flexibility index (Phi) is 5.26. The monoisotopic (exact) mass is 224 g/mol. The molecule has 0 bridgehead atoms. The highest BCUT2D eigenvalue weighted by Crippen LogP contribution is 2.19. The SMILES string of the molecule is CCCCCN(C)c1ccc(CN)cc1F. The largest absolute Gasteiger partial charge is 0.372 e.